The van der Waals surface area contributed by atoms with Crippen LogP contribution in [-0.4, -0.2) is 12.6 Å². The second-order valence-corrected chi connectivity index (χ2v) is 11.6. The second kappa shape index (κ2) is 17.0. The predicted octanol–water partition coefficient (Wildman–Crippen LogP) is 9.72. The van der Waals surface area contributed by atoms with Gasteiger partial charge in [0.15, 0.2) is 0 Å². The number of rotatable bonds is 14. The van der Waals surface area contributed by atoms with E-state index in [9.17, 15) is 10.1 Å². The van der Waals surface area contributed by atoms with Gasteiger partial charge >= 0.3 is 5.97 Å². The zero-order chi connectivity index (χ0) is 27.9. The SMILES string of the molecule is [C-]#[N+]c1c(OC(=O)C2CCC(C3CCC(CCCCC)CC3)CC2)ccc(OCC/C=C\CCCC)c1C#N. The summed E-state index contributed by atoms with van der Waals surface area (Å²) < 4.78 is 11.5. The van der Waals surface area contributed by atoms with Gasteiger partial charge in [-0.05, 0) is 81.3 Å². The number of nitrogens with zero attached hydrogens (tertiary/aromatic N) is 2. The minimum Gasteiger partial charge on any atom is -0.493 e. The Kier molecular flexibility index (Phi) is 13.4. The molecule has 2 aliphatic rings. The molecule has 0 N–H and O–H groups in total. The number of esters is 1. The zero-order valence-corrected chi connectivity index (χ0v) is 24.3. The van der Waals surface area contributed by atoms with E-state index in [1.54, 1.807) is 12.1 Å². The molecule has 0 atom stereocenters. The quantitative estimate of drug-likeness (QED) is 0.0786. The summed E-state index contributed by atoms with van der Waals surface area (Å²) in [7, 11) is 0. The van der Waals surface area contributed by atoms with Crippen LogP contribution in [0.4, 0.5) is 5.69 Å². The molecule has 1 aromatic carbocycles. The van der Waals surface area contributed by atoms with Crippen molar-refractivity contribution in [1.29, 1.82) is 5.26 Å². The maximum absolute atomic E-state index is 13.0. The molecule has 0 saturated heterocycles. The first kappa shape index (κ1) is 30.7. The number of ether oxygens (including phenoxy) is 2. The average Bonchev–Trinajstić information content (AvgIpc) is 2.97. The third-order valence-electron chi connectivity index (χ3n) is 8.85. The summed E-state index contributed by atoms with van der Waals surface area (Å²) in [6.45, 7) is 12.5. The van der Waals surface area contributed by atoms with Crippen molar-refractivity contribution in [3.63, 3.8) is 0 Å². The number of benzene rings is 1. The molecule has 0 aromatic heterocycles. The Balaban J connectivity index is 1.48. The maximum Gasteiger partial charge on any atom is 0.313 e. The van der Waals surface area contributed by atoms with Crippen molar-refractivity contribution in [2.75, 3.05) is 6.61 Å². The number of hydrogen-bond acceptors (Lipinski definition) is 4. The van der Waals surface area contributed by atoms with E-state index in [-0.39, 0.29) is 28.9 Å². The first-order valence-electron chi connectivity index (χ1n) is 15.5. The van der Waals surface area contributed by atoms with Gasteiger partial charge in [-0.3, -0.25) is 4.79 Å². The van der Waals surface area contributed by atoms with E-state index in [1.165, 1.54) is 64.2 Å². The number of unbranched alkanes of at least 4 members (excludes halogenated alkanes) is 4. The van der Waals surface area contributed by atoms with Crippen LogP contribution in [0, 0.1) is 41.6 Å². The summed E-state index contributed by atoms with van der Waals surface area (Å²) in [4.78, 5) is 16.6. The van der Waals surface area contributed by atoms with Crippen LogP contribution in [0.1, 0.15) is 122 Å². The van der Waals surface area contributed by atoms with Crippen LogP contribution in [0.25, 0.3) is 4.85 Å². The first-order valence-corrected chi connectivity index (χ1v) is 15.5. The van der Waals surface area contributed by atoms with Gasteiger partial charge in [-0.2, -0.15) is 5.26 Å². The van der Waals surface area contributed by atoms with Crippen molar-refractivity contribution in [1.82, 2.24) is 0 Å². The van der Waals surface area contributed by atoms with E-state index in [4.69, 9.17) is 16.0 Å². The Morgan fingerprint density at radius 1 is 0.949 bits per heavy atom. The minimum absolute atomic E-state index is 0.0613. The molecule has 0 amide bonds. The van der Waals surface area contributed by atoms with Crippen molar-refractivity contribution in [2.24, 2.45) is 23.7 Å². The fourth-order valence-corrected chi connectivity index (χ4v) is 6.42. The number of carbonyl (C=O) groups is 1. The van der Waals surface area contributed by atoms with Crippen molar-refractivity contribution >= 4 is 11.7 Å². The number of allylic oxidation sites excluding steroid dienone is 1. The summed E-state index contributed by atoms with van der Waals surface area (Å²) in [5.41, 5.74) is 0.200. The smallest absolute Gasteiger partial charge is 0.313 e. The molecule has 5 heteroatoms. The maximum atomic E-state index is 13.0. The monoisotopic (exact) mass is 532 g/mol. The lowest BCUT2D eigenvalue weighted by Crippen LogP contribution is -2.30. The van der Waals surface area contributed by atoms with E-state index in [0.717, 1.165) is 56.3 Å². The lowest BCUT2D eigenvalue weighted by Gasteiger charge is -2.37. The molecule has 0 heterocycles. The standard InChI is InChI=1S/C34H48N2O3/c1-4-6-8-9-10-12-24-38-31-22-23-32(33(36-3)30(31)25-35)39-34(37)29-20-18-28(19-21-29)27-16-14-26(15-17-27)13-11-7-5-2/h9-10,22-23,26-29H,4-8,11-21,24H2,1-2H3/b10-9-. The highest BCUT2D eigenvalue weighted by Gasteiger charge is 2.34. The van der Waals surface area contributed by atoms with Gasteiger partial charge in [0, 0.05) is 0 Å². The van der Waals surface area contributed by atoms with Crippen molar-refractivity contribution < 1.29 is 14.3 Å². The van der Waals surface area contributed by atoms with Gasteiger partial charge in [-0.1, -0.05) is 77.4 Å². The molecule has 2 fully saturated rings. The van der Waals surface area contributed by atoms with Gasteiger partial charge in [-0.25, -0.2) is 4.85 Å². The Bertz CT molecular complexity index is 1000. The van der Waals surface area contributed by atoms with E-state index in [1.807, 2.05) is 0 Å². The number of carbonyl (C=O) groups excluding carboxylic acids is 1. The third kappa shape index (κ3) is 9.42. The Morgan fingerprint density at radius 2 is 1.59 bits per heavy atom. The minimum atomic E-state index is -0.271. The van der Waals surface area contributed by atoms with E-state index in [2.05, 4.69) is 36.9 Å². The highest BCUT2D eigenvalue weighted by molar-refractivity contribution is 5.80. The van der Waals surface area contributed by atoms with Gasteiger partial charge in [0.1, 0.15) is 17.1 Å². The largest absolute Gasteiger partial charge is 0.493 e. The molecule has 0 spiro atoms. The summed E-state index contributed by atoms with van der Waals surface area (Å²) in [5.74, 6) is 2.60. The van der Waals surface area contributed by atoms with Crippen LogP contribution in [-0.2, 0) is 4.79 Å². The predicted molar refractivity (Wildman–Crippen MR) is 157 cm³/mol. The molecule has 2 aliphatic carbocycles. The molecule has 1 aromatic rings. The Hall–Kier alpha value is -2.79. The highest BCUT2D eigenvalue weighted by atomic mass is 16.5. The van der Waals surface area contributed by atoms with Crippen LogP contribution in [0.3, 0.4) is 0 Å². The van der Waals surface area contributed by atoms with Gasteiger partial charge in [0.05, 0.1) is 25.2 Å². The molecule has 212 valence electrons. The Labute approximate surface area is 236 Å². The molecule has 0 bridgehead atoms. The zero-order valence-electron chi connectivity index (χ0n) is 24.3. The summed E-state index contributed by atoms with van der Waals surface area (Å²) in [6, 6.07) is 5.33. The molecule has 5 nitrogen and oxygen atoms in total. The third-order valence-corrected chi connectivity index (χ3v) is 8.85. The fraction of sp³-hybridized carbons (Fsp3) is 0.676. The van der Waals surface area contributed by atoms with E-state index < -0.39 is 0 Å². The molecule has 39 heavy (non-hydrogen) atoms. The van der Waals surface area contributed by atoms with Gasteiger partial charge < -0.3 is 9.47 Å². The van der Waals surface area contributed by atoms with Gasteiger partial charge in [-0.15, -0.1) is 0 Å². The molecule has 0 unspecified atom stereocenters. The van der Waals surface area contributed by atoms with Crippen LogP contribution < -0.4 is 9.47 Å². The van der Waals surface area contributed by atoms with Gasteiger partial charge in [0.2, 0.25) is 5.69 Å². The van der Waals surface area contributed by atoms with Crippen LogP contribution >= 0.6 is 0 Å². The summed E-state index contributed by atoms with van der Waals surface area (Å²) in [5, 5.41) is 9.73. The molecule has 2 saturated carbocycles. The number of nitriles is 1. The fourth-order valence-electron chi connectivity index (χ4n) is 6.42. The lowest BCUT2D eigenvalue weighted by atomic mass is 9.68. The van der Waals surface area contributed by atoms with Crippen LogP contribution in [0.2, 0.25) is 0 Å². The molecular formula is C34H48N2O3. The normalized spacial score (nSPS) is 23.2. The lowest BCUT2D eigenvalue weighted by molar-refractivity contribution is -0.140. The van der Waals surface area contributed by atoms with Gasteiger partial charge in [0.25, 0.3) is 0 Å². The summed E-state index contributed by atoms with van der Waals surface area (Å²) >= 11 is 0. The van der Waals surface area contributed by atoms with E-state index >= 15 is 0 Å². The number of hydrogen-bond donors (Lipinski definition) is 0. The van der Waals surface area contributed by atoms with Crippen molar-refractivity contribution in [3.05, 3.63) is 41.3 Å². The average molecular weight is 533 g/mol. The van der Waals surface area contributed by atoms with Crippen LogP contribution in [0.15, 0.2) is 24.3 Å². The molecule has 3 rings (SSSR count). The van der Waals surface area contributed by atoms with Crippen molar-refractivity contribution in [3.8, 4) is 17.6 Å². The second-order valence-electron chi connectivity index (χ2n) is 11.6. The molecular weight excluding hydrogens is 484 g/mol. The summed E-state index contributed by atoms with van der Waals surface area (Å²) in [6.07, 6.45) is 23.2. The topological polar surface area (TPSA) is 63.7 Å². The molecule has 0 aliphatic heterocycles. The first-order chi connectivity index (χ1) is 19.1. The van der Waals surface area contributed by atoms with E-state index in [0.29, 0.717) is 12.4 Å². The van der Waals surface area contributed by atoms with Crippen molar-refractivity contribution in [2.45, 2.75) is 117 Å². The molecule has 0 radical (unpaired) electrons. The van der Waals surface area contributed by atoms with Crippen LogP contribution in [0.5, 0.6) is 11.5 Å². The Morgan fingerprint density at radius 3 is 2.23 bits per heavy atom. The highest BCUT2D eigenvalue weighted by Crippen LogP contribution is 2.43.